The molecule has 18 heavy (non-hydrogen) atoms. The van der Waals surface area contributed by atoms with Crippen LogP contribution in [0.5, 0.6) is 0 Å². The number of nitrogens with zero attached hydrogens (tertiary/aromatic N) is 2. The molecule has 1 aliphatic heterocycles. The number of likely N-dealkylation sites (tertiary alicyclic amines) is 1. The van der Waals surface area contributed by atoms with Gasteiger partial charge in [0.15, 0.2) is 0 Å². The third kappa shape index (κ3) is 2.69. The molecule has 0 bridgehead atoms. The van der Waals surface area contributed by atoms with E-state index in [4.69, 9.17) is 5.11 Å². The average Bonchev–Trinajstić information content (AvgIpc) is 2.97. The average molecular weight is 268 g/mol. The molecule has 0 aromatic carbocycles. The van der Waals surface area contributed by atoms with Gasteiger partial charge in [0.2, 0.25) is 5.91 Å². The summed E-state index contributed by atoms with van der Waals surface area (Å²) in [6.45, 7) is 3.50. The van der Waals surface area contributed by atoms with Gasteiger partial charge in [0.05, 0.1) is 12.1 Å². The molecule has 1 aromatic heterocycles. The van der Waals surface area contributed by atoms with E-state index in [2.05, 4.69) is 4.98 Å². The largest absolute Gasteiger partial charge is 0.477 e. The third-order valence-electron chi connectivity index (χ3n) is 3.03. The van der Waals surface area contributed by atoms with Crippen LogP contribution in [0.15, 0.2) is 0 Å². The smallest absolute Gasteiger partial charge is 0.347 e. The highest BCUT2D eigenvalue weighted by atomic mass is 32.1. The minimum Gasteiger partial charge on any atom is -0.477 e. The zero-order chi connectivity index (χ0) is 13.1. The number of rotatable bonds is 4. The molecule has 1 aromatic rings. The number of carbonyl (C=O) groups excluding carboxylic acids is 1. The number of aromatic nitrogens is 1. The Morgan fingerprint density at radius 2 is 2.06 bits per heavy atom. The molecule has 0 spiro atoms. The summed E-state index contributed by atoms with van der Waals surface area (Å²) in [5.41, 5.74) is 0.580. The molecule has 2 heterocycles. The summed E-state index contributed by atoms with van der Waals surface area (Å²) in [5.74, 6) is -0.898. The Labute approximate surface area is 109 Å². The van der Waals surface area contributed by atoms with Crippen LogP contribution in [0.2, 0.25) is 0 Å². The van der Waals surface area contributed by atoms with Crippen molar-refractivity contribution in [2.24, 2.45) is 0 Å². The summed E-state index contributed by atoms with van der Waals surface area (Å²) in [4.78, 5) is 29.3. The van der Waals surface area contributed by atoms with Gasteiger partial charge in [-0.15, -0.1) is 11.3 Å². The molecule has 2 rings (SSSR count). The number of carboxylic acids is 1. The van der Waals surface area contributed by atoms with Crippen LogP contribution in [0.1, 0.15) is 40.1 Å². The number of hydrogen-bond acceptors (Lipinski definition) is 4. The molecule has 0 unspecified atom stereocenters. The van der Waals surface area contributed by atoms with Crippen molar-refractivity contribution in [2.45, 2.75) is 32.6 Å². The fourth-order valence-electron chi connectivity index (χ4n) is 2.09. The predicted molar refractivity (Wildman–Crippen MR) is 68.0 cm³/mol. The molecule has 1 amide bonds. The minimum absolute atomic E-state index is 0.0563. The highest BCUT2D eigenvalue weighted by Gasteiger charge is 2.21. The van der Waals surface area contributed by atoms with Gasteiger partial charge in [0.25, 0.3) is 0 Å². The summed E-state index contributed by atoms with van der Waals surface area (Å²) in [6.07, 6.45) is 2.93. The van der Waals surface area contributed by atoms with Crippen LogP contribution in [0.25, 0.3) is 0 Å². The molecular formula is C12H16N2O3S. The third-order valence-corrected chi connectivity index (χ3v) is 4.12. The zero-order valence-electron chi connectivity index (χ0n) is 10.3. The lowest BCUT2D eigenvalue weighted by Gasteiger charge is -2.13. The maximum atomic E-state index is 11.9. The van der Waals surface area contributed by atoms with Crippen LogP contribution in [-0.4, -0.2) is 40.0 Å². The topological polar surface area (TPSA) is 70.5 Å². The lowest BCUT2D eigenvalue weighted by atomic mass is 10.3. The van der Waals surface area contributed by atoms with Gasteiger partial charge in [0, 0.05) is 13.1 Å². The summed E-state index contributed by atoms with van der Waals surface area (Å²) in [7, 11) is 0. The number of carboxylic acid groups (broad SMARTS) is 1. The van der Waals surface area contributed by atoms with Crippen molar-refractivity contribution < 1.29 is 14.7 Å². The predicted octanol–water partition coefficient (Wildman–Crippen LogP) is 1.57. The van der Waals surface area contributed by atoms with Gasteiger partial charge in [-0.05, 0) is 19.3 Å². The Bertz CT molecular complexity index is 464. The van der Waals surface area contributed by atoms with Crippen LogP contribution >= 0.6 is 11.3 Å². The normalized spacial score (nSPS) is 15.1. The van der Waals surface area contributed by atoms with Gasteiger partial charge < -0.3 is 10.0 Å². The number of thiazole rings is 1. The fraction of sp³-hybridized carbons (Fsp3) is 0.583. The van der Waals surface area contributed by atoms with Gasteiger partial charge in [-0.1, -0.05) is 6.92 Å². The molecule has 0 saturated carbocycles. The second-order valence-corrected chi connectivity index (χ2v) is 5.39. The summed E-state index contributed by atoms with van der Waals surface area (Å²) < 4.78 is 0. The van der Waals surface area contributed by atoms with Crippen LogP contribution in [0, 0.1) is 0 Å². The van der Waals surface area contributed by atoms with Crippen molar-refractivity contribution in [2.75, 3.05) is 13.1 Å². The zero-order valence-corrected chi connectivity index (χ0v) is 11.1. The van der Waals surface area contributed by atoms with Crippen LogP contribution in [-0.2, 0) is 17.6 Å². The van der Waals surface area contributed by atoms with Gasteiger partial charge in [-0.3, -0.25) is 4.79 Å². The van der Waals surface area contributed by atoms with E-state index in [1.807, 2.05) is 11.8 Å². The van der Waals surface area contributed by atoms with Crippen molar-refractivity contribution in [3.63, 3.8) is 0 Å². The SMILES string of the molecule is CCc1nc(CC(=O)N2CCCC2)sc1C(=O)O. The van der Waals surface area contributed by atoms with E-state index in [9.17, 15) is 9.59 Å². The number of amides is 1. The van der Waals surface area contributed by atoms with Crippen molar-refractivity contribution in [3.8, 4) is 0 Å². The fourth-order valence-corrected chi connectivity index (χ4v) is 3.07. The van der Waals surface area contributed by atoms with Gasteiger partial charge in [-0.2, -0.15) is 0 Å². The highest BCUT2D eigenvalue weighted by molar-refractivity contribution is 7.13. The first-order valence-corrected chi connectivity index (χ1v) is 6.93. The van der Waals surface area contributed by atoms with E-state index < -0.39 is 5.97 Å². The molecule has 0 atom stereocenters. The molecular weight excluding hydrogens is 252 g/mol. The number of carbonyl (C=O) groups is 2. The Morgan fingerprint density at radius 1 is 1.39 bits per heavy atom. The monoisotopic (exact) mass is 268 g/mol. The maximum Gasteiger partial charge on any atom is 0.347 e. The van der Waals surface area contributed by atoms with E-state index in [1.54, 1.807) is 0 Å². The van der Waals surface area contributed by atoms with Crippen LogP contribution in [0.4, 0.5) is 0 Å². The molecule has 98 valence electrons. The van der Waals surface area contributed by atoms with E-state index in [0.717, 1.165) is 37.3 Å². The standard InChI is InChI=1S/C12H16N2O3S/c1-2-8-11(12(16)17)18-9(13-8)7-10(15)14-5-3-4-6-14/h2-7H2,1H3,(H,16,17). The van der Waals surface area contributed by atoms with E-state index in [-0.39, 0.29) is 17.2 Å². The van der Waals surface area contributed by atoms with Crippen molar-refractivity contribution in [1.82, 2.24) is 9.88 Å². The van der Waals surface area contributed by atoms with Gasteiger partial charge in [-0.25, -0.2) is 9.78 Å². The number of hydrogen-bond donors (Lipinski definition) is 1. The Morgan fingerprint density at radius 3 is 2.56 bits per heavy atom. The second-order valence-electron chi connectivity index (χ2n) is 4.31. The quantitative estimate of drug-likeness (QED) is 0.899. The molecule has 0 aliphatic carbocycles. The Kier molecular flexibility index (Phi) is 3.96. The lowest BCUT2D eigenvalue weighted by Crippen LogP contribution is -2.29. The van der Waals surface area contributed by atoms with E-state index in [1.165, 1.54) is 0 Å². The van der Waals surface area contributed by atoms with Crippen LogP contribution in [0.3, 0.4) is 0 Å². The van der Waals surface area contributed by atoms with E-state index in [0.29, 0.717) is 17.1 Å². The van der Waals surface area contributed by atoms with Gasteiger partial charge in [0.1, 0.15) is 9.88 Å². The number of aromatic carboxylic acids is 1. The summed E-state index contributed by atoms with van der Waals surface area (Å²) >= 11 is 1.12. The van der Waals surface area contributed by atoms with Crippen molar-refractivity contribution >= 4 is 23.2 Å². The molecule has 1 N–H and O–H groups in total. The Balaban J connectivity index is 2.09. The Hall–Kier alpha value is -1.43. The minimum atomic E-state index is -0.954. The summed E-state index contributed by atoms with van der Waals surface area (Å²) in [5, 5.41) is 9.64. The first-order valence-electron chi connectivity index (χ1n) is 6.11. The molecule has 1 aliphatic rings. The maximum absolute atomic E-state index is 11.9. The van der Waals surface area contributed by atoms with Gasteiger partial charge >= 0.3 is 5.97 Å². The molecule has 5 nitrogen and oxygen atoms in total. The molecule has 0 radical (unpaired) electrons. The van der Waals surface area contributed by atoms with Crippen molar-refractivity contribution in [3.05, 3.63) is 15.6 Å². The first kappa shape index (κ1) is 13.0. The van der Waals surface area contributed by atoms with Crippen molar-refractivity contribution in [1.29, 1.82) is 0 Å². The van der Waals surface area contributed by atoms with E-state index >= 15 is 0 Å². The van der Waals surface area contributed by atoms with Crippen LogP contribution < -0.4 is 0 Å². The molecule has 6 heteroatoms. The highest BCUT2D eigenvalue weighted by Crippen LogP contribution is 2.21. The molecule has 1 saturated heterocycles. The lowest BCUT2D eigenvalue weighted by molar-refractivity contribution is -0.129. The first-order chi connectivity index (χ1) is 8.61. The molecule has 1 fully saturated rings. The summed E-state index contributed by atoms with van der Waals surface area (Å²) in [6, 6.07) is 0. The second kappa shape index (κ2) is 5.48. The number of aryl methyl sites for hydroxylation is 1.